The normalized spacial score (nSPS) is 17.5. The van der Waals surface area contributed by atoms with Crippen molar-refractivity contribution in [1.82, 2.24) is 24.8 Å². The number of aryl methyl sites for hydroxylation is 4. The van der Waals surface area contributed by atoms with Crippen molar-refractivity contribution in [3.8, 4) is 0 Å². The van der Waals surface area contributed by atoms with Gasteiger partial charge in [-0.25, -0.2) is 4.98 Å². The second-order valence-electron chi connectivity index (χ2n) is 8.14. The van der Waals surface area contributed by atoms with Gasteiger partial charge in [-0.1, -0.05) is 5.16 Å². The Morgan fingerprint density at radius 1 is 1.23 bits per heavy atom. The first-order valence-electron chi connectivity index (χ1n) is 10.3. The number of likely N-dealkylation sites (tertiary alicyclic amines) is 1. The average molecular weight is 435 g/mol. The molecule has 0 aromatic carbocycles. The maximum absolute atomic E-state index is 13.7. The van der Waals surface area contributed by atoms with Gasteiger partial charge in [-0.3, -0.25) is 9.48 Å². The van der Waals surface area contributed by atoms with Gasteiger partial charge in [-0.15, -0.1) is 0 Å². The zero-order valence-corrected chi connectivity index (χ0v) is 17.7. The minimum absolute atomic E-state index is 0.0462. The lowest BCUT2D eigenvalue weighted by molar-refractivity contribution is -0.136. The Kier molecular flexibility index (Phi) is 5.49. The Morgan fingerprint density at radius 3 is 2.68 bits per heavy atom. The Hall–Kier alpha value is -2.91. The summed E-state index contributed by atoms with van der Waals surface area (Å²) in [6.45, 7) is 6.67. The predicted octanol–water partition coefficient (Wildman–Crippen LogP) is 4.16. The quantitative estimate of drug-likeness (QED) is 0.615. The molecule has 3 aromatic heterocycles. The number of pyridine rings is 1. The van der Waals surface area contributed by atoms with Crippen LogP contribution in [0.3, 0.4) is 0 Å². The van der Waals surface area contributed by atoms with Gasteiger partial charge in [0.2, 0.25) is 5.91 Å². The molecule has 1 saturated heterocycles. The first-order valence-corrected chi connectivity index (χ1v) is 10.3. The van der Waals surface area contributed by atoms with Crippen molar-refractivity contribution in [1.29, 1.82) is 0 Å². The number of amides is 1. The molecule has 4 rings (SSSR count). The highest BCUT2D eigenvalue weighted by Crippen LogP contribution is 2.40. The molecule has 1 fully saturated rings. The van der Waals surface area contributed by atoms with E-state index >= 15 is 0 Å². The van der Waals surface area contributed by atoms with Crippen LogP contribution in [0.5, 0.6) is 0 Å². The molecule has 0 saturated carbocycles. The first-order chi connectivity index (χ1) is 14.6. The molecule has 0 radical (unpaired) electrons. The fraction of sp³-hybridized carbons (Fsp3) is 0.524. The third-order valence-electron chi connectivity index (χ3n) is 5.71. The predicted molar refractivity (Wildman–Crippen MR) is 106 cm³/mol. The number of alkyl halides is 3. The monoisotopic (exact) mass is 435 g/mol. The van der Waals surface area contributed by atoms with Crippen molar-refractivity contribution in [3.63, 3.8) is 0 Å². The van der Waals surface area contributed by atoms with Crippen molar-refractivity contribution in [2.45, 2.75) is 58.7 Å². The van der Waals surface area contributed by atoms with Gasteiger partial charge in [0, 0.05) is 43.4 Å². The molecular weight excluding hydrogens is 411 g/mol. The van der Waals surface area contributed by atoms with Crippen LogP contribution in [0.25, 0.3) is 11.1 Å². The summed E-state index contributed by atoms with van der Waals surface area (Å²) in [5.74, 6) is -0.381. The zero-order valence-electron chi connectivity index (χ0n) is 17.7. The molecule has 10 heteroatoms. The van der Waals surface area contributed by atoms with Crippen LogP contribution in [0.15, 0.2) is 16.7 Å². The molecule has 0 aliphatic carbocycles. The number of carbonyl (C=O) groups excluding carboxylic acids is 1. The van der Waals surface area contributed by atoms with Crippen molar-refractivity contribution < 1.29 is 22.5 Å². The van der Waals surface area contributed by atoms with Gasteiger partial charge in [0.15, 0.2) is 0 Å². The maximum Gasteiger partial charge on any atom is 0.417 e. The van der Waals surface area contributed by atoms with Crippen LogP contribution in [0.4, 0.5) is 13.2 Å². The standard InChI is InChI=1S/C21H24F3N5O2/c1-12-10-16(21(22,23)24)18-19(27-31-20(18)25-12)15-5-4-7-28(11-15)17(30)6-8-29-14(3)9-13(2)26-29/h9-10,15H,4-8,11H2,1-3H3/t15-/m1/s1. The lowest BCUT2D eigenvalue weighted by atomic mass is 9.91. The molecule has 1 aliphatic rings. The summed E-state index contributed by atoms with van der Waals surface area (Å²) in [5, 5.41) is 8.22. The fourth-order valence-corrected chi connectivity index (χ4v) is 4.29. The van der Waals surface area contributed by atoms with E-state index in [4.69, 9.17) is 4.52 Å². The minimum Gasteiger partial charge on any atom is -0.342 e. The van der Waals surface area contributed by atoms with Crippen LogP contribution in [-0.4, -0.2) is 43.8 Å². The van der Waals surface area contributed by atoms with Crippen LogP contribution in [-0.2, 0) is 17.5 Å². The maximum atomic E-state index is 13.7. The van der Waals surface area contributed by atoms with E-state index in [1.165, 1.54) is 6.92 Å². The van der Waals surface area contributed by atoms with Crippen LogP contribution in [0.2, 0.25) is 0 Å². The average Bonchev–Trinajstić information content (AvgIpc) is 3.27. The van der Waals surface area contributed by atoms with Crippen LogP contribution in [0.1, 0.15) is 53.5 Å². The van der Waals surface area contributed by atoms with E-state index in [1.54, 1.807) is 9.58 Å². The van der Waals surface area contributed by atoms with E-state index in [2.05, 4.69) is 15.2 Å². The molecule has 0 N–H and O–H groups in total. The summed E-state index contributed by atoms with van der Waals surface area (Å²) < 4.78 is 47.9. The minimum atomic E-state index is -4.55. The topological polar surface area (TPSA) is 77.0 Å². The zero-order chi connectivity index (χ0) is 22.3. The second-order valence-corrected chi connectivity index (χ2v) is 8.14. The molecule has 4 heterocycles. The second kappa shape index (κ2) is 7.97. The third kappa shape index (κ3) is 4.28. The molecule has 3 aromatic rings. The summed E-state index contributed by atoms with van der Waals surface area (Å²) in [4.78, 5) is 18.6. The van der Waals surface area contributed by atoms with Crippen molar-refractivity contribution >= 4 is 17.0 Å². The van der Waals surface area contributed by atoms with E-state index in [0.29, 0.717) is 32.5 Å². The first kappa shape index (κ1) is 21.3. The summed E-state index contributed by atoms with van der Waals surface area (Å²) in [6.07, 6.45) is -2.95. The Balaban J connectivity index is 1.54. The molecule has 1 atom stereocenters. The number of piperidine rings is 1. The molecule has 31 heavy (non-hydrogen) atoms. The van der Waals surface area contributed by atoms with Gasteiger partial charge < -0.3 is 9.42 Å². The summed E-state index contributed by atoms with van der Waals surface area (Å²) in [7, 11) is 0. The third-order valence-corrected chi connectivity index (χ3v) is 5.71. The van der Waals surface area contributed by atoms with Gasteiger partial charge in [-0.2, -0.15) is 18.3 Å². The number of aromatic nitrogens is 4. The number of halogens is 3. The molecule has 0 bridgehead atoms. The number of fused-ring (bicyclic) bond motifs is 1. The van der Waals surface area contributed by atoms with Crippen molar-refractivity contribution in [2.24, 2.45) is 0 Å². The number of nitrogens with zero attached hydrogens (tertiary/aromatic N) is 5. The highest BCUT2D eigenvalue weighted by Gasteiger charge is 2.38. The van der Waals surface area contributed by atoms with Crippen LogP contribution >= 0.6 is 0 Å². The van der Waals surface area contributed by atoms with E-state index < -0.39 is 11.7 Å². The Morgan fingerprint density at radius 2 is 2.00 bits per heavy atom. The molecule has 1 aliphatic heterocycles. The largest absolute Gasteiger partial charge is 0.417 e. The molecule has 0 spiro atoms. The Labute approximate surface area is 177 Å². The summed E-state index contributed by atoms with van der Waals surface area (Å²) >= 11 is 0. The highest BCUT2D eigenvalue weighted by atomic mass is 19.4. The number of hydrogen-bond acceptors (Lipinski definition) is 5. The number of rotatable bonds is 4. The lowest BCUT2D eigenvalue weighted by Gasteiger charge is -2.32. The van der Waals surface area contributed by atoms with Gasteiger partial charge in [0.25, 0.3) is 5.71 Å². The SMILES string of the molecule is Cc1cc(C(F)(F)F)c2c([C@@H]3CCCN(C(=O)CCn4nc(C)cc4C)C3)noc2n1. The van der Waals surface area contributed by atoms with E-state index in [0.717, 1.165) is 17.5 Å². The van der Waals surface area contributed by atoms with Gasteiger partial charge in [0.1, 0.15) is 0 Å². The molecule has 1 amide bonds. The lowest BCUT2D eigenvalue weighted by Crippen LogP contribution is -2.39. The van der Waals surface area contributed by atoms with E-state index in [9.17, 15) is 18.0 Å². The van der Waals surface area contributed by atoms with Gasteiger partial charge in [-0.05, 0) is 45.7 Å². The summed E-state index contributed by atoms with van der Waals surface area (Å²) in [6, 6.07) is 2.97. The van der Waals surface area contributed by atoms with Crippen LogP contribution < -0.4 is 0 Å². The van der Waals surface area contributed by atoms with Gasteiger partial charge in [0.05, 0.1) is 22.3 Å². The van der Waals surface area contributed by atoms with Gasteiger partial charge >= 0.3 is 6.18 Å². The molecule has 166 valence electrons. The molecular formula is C21H24F3N5O2. The van der Waals surface area contributed by atoms with E-state index in [1.807, 2.05) is 19.9 Å². The number of carbonyl (C=O) groups is 1. The van der Waals surface area contributed by atoms with Crippen molar-refractivity contribution in [2.75, 3.05) is 13.1 Å². The summed E-state index contributed by atoms with van der Waals surface area (Å²) in [5.41, 5.74) is 1.41. The molecule has 0 unspecified atom stereocenters. The number of hydrogen-bond donors (Lipinski definition) is 0. The van der Waals surface area contributed by atoms with Crippen molar-refractivity contribution in [3.05, 3.63) is 40.5 Å². The fourth-order valence-electron chi connectivity index (χ4n) is 4.29. The van der Waals surface area contributed by atoms with Crippen LogP contribution in [0, 0.1) is 20.8 Å². The highest BCUT2D eigenvalue weighted by molar-refractivity contribution is 5.82. The molecule has 7 nitrogen and oxygen atoms in total. The Bertz CT molecular complexity index is 1120. The smallest absolute Gasteiger partial charge is 0.342 e. The van der Waals surface area contributed by atoms with E-state index in [-0.39, 0.29) is 40.7 Å².